The quantitative estimate of drug-likeness (QED) is 0.852. The molecule has 1 aromatic carbocycles. The summed E-state index contributed by atoms with van der Waals surface area (Å²) in [5, 5.41) is 9.16. The average Bonchev–Trinajstić information content (AvgIpc) is 2.34. The number of rotatable bonds is 2. The fourth-order valence-electron chi connectivity index (χ4n) is 1.73. The predicted octanol–water partition coefficient (Wildman–Crippen LogP) is 2.78. The molecule has 96 valence electrons. The highest BCUT2D eigenvalue weighted by atomic mass is 35.5. The molecule has 6 heteroatoms. The van der Waals surface area contributed by atoms with Gasteiger partial charge in [-0.25, -0.2) is 4.79 Å². The van der Waals surface area contributed by atoms with Gasteiger partial charge in [-0.05, 0) is 30.4 Å². The molecule has 0 saturated heterocycles. The lowest BCUT2D eigenvalue weighted by Crippen LogP contribution is -2.12. The van der Waals surface area contributed by atoms with Gasteiger partial charge in [0.15, 0.2) is 11.6 Å². The van der Waals surface area contributed by atoms with Crippen LogP contribution < -0.4 is 0 Å². The van der Waals surface area contributed by atoms with Crippen molar-refractivity contribution >= 4 is 46.3 Å². The second-order valence-corrected chi connectivity index (χ2v) is 4.56. The Morgan fingerprint density at radius 2 is 1.68 bits per heavy atom. The van der Waals surface area contributed by atoms with Crippen LogP contribution >= 0.6 is 23.2 Å². The first kappa shape index (κ1) is 13.5. The fourth-order valence-corrected chi connectivity index (χ4v) is 2.23. The Kier molecular flexibility index (Phi) is 3.55. The SMILES string of the molecule is O=C1C=CC(=O)C(c2c(Cl)ccc(Cl)c2C(=O)O)=C1. The molecule has 1 N–H and O–H groups in total. The molecule has 0 unspecified atom stereocenters. The second kappa shape index (κ2) is 4.99. The van der Waals surface area contributed by atoms with Gasteiger partial charge in [0, 0.05) is 16.2 Å². The van der Waals surface area contributed by atoms with Crippen LogP contribution in [-0.2, 0) is 9.59 Å². The molecule has 4 nitrogen and oxygen atoms in total. The van der Waals surface area contributed by atoms with Gasteiger partial charge >= 0.3 is 5.97 Å². The van der Waals surface area contributed by atoms with Crippen LogP contribution in [0.5, 0.6) is 0 Å². The molecule has 1 aliphatic rings. The smallest absolute Gasteiger partial charge is 0.337 e. The van der Waals surface area contributed by atoms with Crippen LogP contribution in [-0.4, -0.2) is 22.6 Å². The largest absolute Gasteiger partial charge is 0.478 e. The number of carbonyl (C=O) groups is 3. The molecule has 1 aromatic rings. The van der Waals surface area contributed by atoms with Gasteiger partial charge in [0.25, 0.3) is 0 Å². The Morgan fingerprint density at radius 1 is 1.05 bits per heavy atom. The molecule has 0 bridgehead atoms. The number of benzene rings is 1. The second-order valence-electron chi connectivity index (χ2n) is 3.74. The van der Waals surface area contributed by atoms with E-state index >= 15 is 0 Å². The molecule has 19 heavy (non-hydrogen) atoms. The van der Waals surface area contributed by atoms with Crippen molar-refractivity contribution in [3.05, 3.63) is 51.5 Å². The first-order valence-electron chi connectivity index (χ1n) is 5.11. The number of carbonyl (C=O) groups excluding carboxylic acids is 2. The van der Waals surface area contributed by atoms with E-state index in [2.05, 4.69) is 0 Å². The molecule has 0 aliphatic heterocycles. The maximum Gasteiger partial charge on any atom is 0.337 e. The number of ketones is 2. The average molecular weight is 297 g/mol. The highest BCUT2D eigenvalue weighted by Crippen LogP contribution is 2.34. The zero-order chi connectivity index (χ0) is 14.2. The summed E-state index contributed by atoms with van der Waals surface area (Å²) in [6.45, 7) is 0. The van der Waals surface area contributed by atoms with E-state index in [4.69, 9.17) is 28.3 Å². The minimum absolute atomic E-state index is 0.0376. The lowest BCUT2D eigenvalue weighted by Gasteiger charge is -2.13. The minimum atomic E-state index is -1.32. The summed E-state index contributed by atoms with van der Waals surface area (Å²) in [4.78, 5) is 34.3. The molecule has 2 rings (SSSR count). The number of hydrogen-bond acceptors (Lipinski definition) is 3. The molecule has 0 aromatic heterocycles. The molecule has 0 radical (unpaired) electrons. The fraction of sp³-hybridized carbons (Fsp3) is 0. The van der Waals surface area contributed by atoms with E-state index in [1.54, 1.807) is 0 Å². The summed E-state index contributed by atoms with van der Waals surface area (Å²) < 4.78 is 0. The Balaban J connectivity index is 2.75. The van der Waals surface area contributed by atoms with Crippen LogP contribution in [0.25, 0.3) is 5.57 Å². The number of aromatic carboxylic acids is 1. The molecule has 0 amide bonds. The maximum absolute atomic E-state index is 11.8. The van der Waals surface area contributed by atoms with E-state index in [9.17, 15) is 14.4 Å². The standard InChI is InChI=1S/C13H6Cl2O4/c14-8-2-3-9(15)12(13(18)19)11(8)7-5-6(16)1-4-10(7)17/h1-5H,(H,18,19). The normalized spacial score (nSPS) is 14.5. The van der Waals surface area contributed by atoms with Crippen molar-refractivity contribution in [3.8, 4) is 0 Å². The van der Waals surface area contributed by atoms with E-state index < -0.39 is 17.5 Å². The van der Waals surface area contributed by atoms with Crippen LogP contribution in [0.2, 0.25) is 10.0 Å². The van der Waals surface area contributed by atoms with Gasteiger partial charge < -0.3 is 5.11 Å². The molecule has 0 heterocycles. The zero-order valence-corrected chi connectivity index (χ0v) is 10.8. The Hall–Kier alpha value is -1.91. The topological polar surface area (TPSA) is 71.4 Å². The Morgan fingerprint density at radius 3 is 2.32 bits per heavy atom. The van der Waals surface area contributed by atoms with Crippen LogP contribution in [0.3, 0.4) is 0 Å². The number of carboxylic acid groups (broad SMARTS) is 1. The van der Waals surface area contributed by atoms with E-state index in [1.807, 2.05) is 0 Å². The van der Waals surface area contributed by atoms with E-state index in [-0.39, 0.29) is 26.7 Å². The van der Waals surface area contributed by atoms with Crippen molar-refractivity contribution in [1.82, 2.24) is 0 Å². The number of allylic oxidation sites excluding steroid dienone is 4. The van der Waals surface area contributed by atoms with Crippen LogP contribution in [0.4, 0.5) is 0 Å². The highest BCUT2D eigenvalue weighted by molar-refractivity contribution is 6.42. The van der Waals surface area contributed by atoms with Crippen LogP contribution in [0.1, 0.15) is 15.9 Å². The van der Waals surface area contributed by atoms with Gasteiger partial charge in [0.05, 0.1) is 10.6 Å². The van der Waals surface area contributed by atoms with Crippen molar-refractivity contribution in [3.63, 3.8) is 0 Å². The molecule has 0 spiro atoms. The molecule has 1 aliphatic carbocycles. The third-order valence-corrected chi connectivity index (χ3v) is 3.17. The highest BCUT2D eigenvalue weighted by Gasteiger charge is 2.25. The molecule has 0 fully saturated rings. The zero-order valence-electron chi connectivity index (χ0n) is 9.31. The molecular weight excluding hydrogens is 291 g/mol. The van der Waals surface area contributed by atoms with E-state index in [0.29, 0.717) is 0 Å². The lowest BCUT2D eigenvalue weighted by atomic mass is 9.92. The first-order valence-corrected chi connectivity index (χ1v) is 5.87. The van der Waals surface area contributed by atoms with E-state index in [0.717, 1.165) is 18.2 Å². The third-order valence-electron chi connectivity index (χ3n) is 2.54. The summed E-state index contributed by atoms with van der Waals surface area (Å²) in [7, 11) is 0. The Bertz CT molecular complexity index is 671. The van der Waals surface area contributed by atoms with Gasteiger partial charge in [-0.3, -0.25) is 9.59 Å². The van der Waals surface area contributed by atoms with Gasteiger partial charge in [0.2, 0.25) is 0 Å². The van der Waals surface area contributed by atoms with Gasteiger partial charge in [0.1, 0.15) is 0 Å². The number of carboxylic acids is 1. The van der Waals surface area contributed by atoms with Crippen molar-refractivity contribution in [2.45, 2.75) is 0 Å². The van der Waals surface area contributed by atoms with Crippen molar-refractivity contribution in [1.29, 1.82) is 0 Å². The summed E-state index contributed by atoms with van der Waals surface area (Å²) in [6.07, 6.45) is 3.22. The number of hydrogen-bond donors (Lipinski definition) is 1. The molecular formula is C13H6Cl2O4. The van der Waals surface area contributed by atoms with Crippen molar-refractivity contribution in [2.75, 3.05) is 0 Å². The minimum Gasteiger partial charge on any atom is -0.478 e. The van der Waals surface area contributed by atoms with Crippen LogP contribution in [0.15, 0.2) is 30.4 Å². The molecule has 0 atom stereocenters. The summed E-state index contributed by atoms with van der Waals surface area (Å²) in [6, 6.07) is 2.70. The van der Waals surface area contributed by atoms with Crippen molar-refractivity contribution < 1.29 is 19.5 Å². The molecule has 0 saturated carbocycles. The van der Waals surface area contributed by atoms with Gasteiger partial charge in [-0.1, -0.05) is 23.2 Å². The van der Waals surface area contributed by atoms with E-state index in [1.165, 1.54) is 12.1 Å². The Labute approximate surface area is 117 Å². The summed E-state index contributed by atoms with van der Waals surface area (Å²) >= 11 is 11.8. The predicted molar refractivity (Wildman–Crippen MR) is 70.6 cm³/mol. The first-order chi connectivity index (χ1) is 8.91. The monoisotopic (exact) mass is 296 g/mol. The third kappa shape index (κ3) is 2.45. The summed E-state index contributed by atoms with van der Waals surface area (Å²) in [5.74, 6) is -2.23. The van der Waals surface area contributed by atoms with Crippen LogP contribution in [0, 0.1) is 0 Å². The summed E-state index contributed by atoms with van der Waals surface area (Å²) in [5.41, 5.74) is -0.404. The van der Waals surface area contributed by atoms with Crippen molar-refractivity contribution in [2.24, 2.45) is 0 Å². The number of halogens is 2. The van der Waals surface area contributed by atoms with Gasteiger partial charge in [-0.15, -0.1) is 0 Å². The lowest BCUT2D eigenvalue weighted by molar-refractivity contribution is -0.113. The van der Waals surface area contributed by atoms with Gasteiger partial charge in [-0.2, -0.15) is 0 Å². The maximum atomic E-state index is 11.8.